The van der Waals surface area contributed by atoms with Gasteiger partial charge in [0.2, 0.25) is 0 Å². The molecule has 0 aliphatic heterocycles. The van der Waals surface area contributed by atoms with Gasteiger partial charge in [-0.25, -0.2) is 4.98 Å². The Bertz CT molecular complexity index is 1590. The van der Waals surface area contributed by atoms with Gasteiger partial charge in [0.25, 0.3) is 5.56 Å². The zero-order valence-electron chi connectivity index (χ0n) is 22.3. The van der Waals surface area contributed by atoms with Crippen LogP contribution in [0.15, 0.2) is 53.6 Å². The topological polar surface area (TPSA) is 53.4 Å². The third-order valence-corrected chi connectivity index (χ3v) is 11.0. The zero-order valence-corrected chi connectivity index (χ0v) is 23.1. The summed E-state index contributed by atoms with van der Waals surface area (Å²) < 4.78 is 12.6. The lowest BCUT2D eigenvalue weighted by atomic mass is 9.55. The number of thiophene rings is 1. The van der Waals surface area contributed by atoms with E-state index in [9.17, 15) is 4.79 Å². The van der Waals surface area contributed by atoms with Crippen LogP contribution in [0.3, 0.4) is 0 Å². The van der Waals surface area contributed by atoms with Crippen LogP contribution in [0.4, 0.5) is 0 Å². The standard InChI is InChI=1S/C32H34N2O3S/c1-32-14-12-24-23-11-9-22(37-3)16-20(23)6-10-25(24)26(32)17-27-29(32)28-30(38-27)33-18-34(31(28)35)15-13-19-4-7-21(36-2)8-5-19/h4-5,7-9,11,16,18,24-26H,6,10,12-15,17H2,1-3H3/t24-,25-,26+,32-/m1/s1. The highest BCUT2D eigenvalue weighted by Gasteiger charge is 2.54. The van der Waals surface area contributed by atoms with Gasteiger partial charge in [-0.1, -0.05) is 25.1 Å². The summed E-state index contributed by atoms with van der Waals surface area (Å²) in [6.45, 7) is 3.08. The Morgan fingerprint density at radius 3 is 2.66 bits per heavy atom. The quantitative estimate of drug-likeness (QED) is 0.307. The first kappa shape index (κ1) is 24.0. The van der Waals surface area contributed by atoms with E-state index in [1.807, 2.05) is 16.7 Å². The molecule has 5 nitrogen and oxygen atoms in total. The third-order valence-electron chi connectivity index (χ3n) is 9.85. The molecule has 0 amide bonds. The van der Waals surface area contributed by atoms with Crippen molar-refractivity contribution >= 4 is 21.6 Å². The Morgan fingerprint density at radius 1 is 1.08 bits per heavy atom. The molecule has 3 aliphatic rings. The Balaban J connectivity index is 1.20. The monoisotopic (exact) mass is 526 g/mol. The Kier molecular flexibility index (Phi) is 5.66. The Labute approximate surface area is 227 Å². The van der Waals surface area contributed by atoms with Crippen molar-refractivity contribution in [2.45, 2.75) is 63.3 Å². The van der Waals surface area contributed by atoms with Gasteiger partial charge in [-0.2, -0.15) is 0 Å². The maximum absolute atomic E-state index is 13.9. The van der Waals surface area contributed by atoms with Crippen LogP contribution in [0, 0.1) is 11.8 Å². The molecule has 6 heteroatoms. The number of rotatable bonds is 5. The summed E-state index contributed by atoms with van der Waals surface area (Å²) in [5.41, 5.74) is 5.70. The second-order valence-corrected chi connectivity index (χ2v) is 12.6. The molecule has 2 aromatic heterocycles. The van der Waals surface area contributed by atoms with Crippen LogP contribution in [0.1, 0.15) is 59.2 Å². The first-order chi connectivity index (χ1) is 18.5. The van der Waals surface area contributed by atoms with Gasteiger partial charge in [-0.15, -0.1) is 11.3 Å². The molecule has 4 atom stereocenters. The molecule has 0 bridgehead atoms. The third kappa shape index (κ3) is 3.56. The van der Waals surface area contributed by atoms with Crippen LogP contribution in [-0.4, -0.2) is 23.8 Å². The van der Waals surface area contributed by atoms with E-state index in [0.717, 1.165) is 47.4 Å². The minimum absolute atomic E-state index is 0.0503. The molecule has 1 saturated carbocycles. The summed E-state index contributed by atoms with van der Waals surface area (Å²) in [5, 5.41) is 0.895. The van der Waals surface area contributed by atoms with Gasteiger partial charge >= 0.3 is 0 Å². The molecule has 0 unspecified atom stereocenters. The summed E-state index contributed by atoms with van der Waals surface area (Å²) in [5.74, 6) is 3.68. The van der Waals surface area contributed by atoms with Crippen LogP contribution >= 0.6 is 11.3 Å². The highest BCUT2D eigenvalue weighted by Crippen LogP contribution is 2.62. The lowest BCUT2D eigenvalue weighted by Gasteiger charge is -2.49. The summed E-state index contributed by atoms with van der Waals surface area (Å²) in [6, 6.07) is 14.8. The van der Waals surface area contributed by atoms with Crippen LogP contribution in [0.25, 0.3) is 10.2 Å². The molecule has 196 valence electrons. The van der Waals surface area contributed by atoms with E-state index in [1.165, 1.54) is 40.0 Å². The number of benzene rings is 2. The number of nitrogens with zero attached hydrogens (tertiary/aromatic N) is 2. The van der Waals surface area contributed by atoms with Gasteiger partial charge in [-0.3, -0.25) is 9.36 Å². The van der Waals surface area contributed by atoms with Crippen molar-refractivity contribution in [1.29, 1.82) is 0 Å². The average molecular weight is 527 g/mol. The lowest BCUT2D eigenvalue weighted by Crippen LogP contribution is -2.43. The van der Waals surface area contributed by atoms with E-state index in [2.05, 4.69) is 37.3 Å². The molecule has 2 heterocycles. The van der Waals surface area contributed by atoms with Crippen molar-refractivity contribution < 1.29 is 9.47 Å². The largest absolute Gasteiger partial charge is 0.497 e. The predicted octanol–water partition coefficient (Wildman–Crippen LogP) is 6.29. The number of aromatic nitrogens is 2. The highest BCUT2D eigenvalue weighted by atomic mass is 32.1. The van der Waals surface area contributed by atoms with Crippen LogP contribution in [0.2, 0.25) is 0 Å². The Morgan fingerprint density at radius 2 is 1.87 bits per heavy atom. The van der Waals surface area contributed by atoms with Gasteiger partial charge in [0.15, 0.2) is 0 Å². The van der Waals surface area contributed by atoms with E-state index < -0.39 is 0 Å². The molecule has 3 aliphatic carbocycles. The van der Waals surface area contributed by atoms with E-state index in [1.54, 1.807) is 31.9 Å². The van der Waals surface area contributed by atoms with Crippen LogP contribution in [0.5, 0.6) is 11.5 Å². The Hall–Kier alpha value is -3.12. The second-order valence-electron chi connectivity index (χ2n) is 11.6. The fourth-order valence-corrected chi connectivity index (χ4v) is 9.24. The van der Waals surface area contributed by atoms with Crippen LogP contribution < -0.4 is 15.0 Å². The predicted molar refractivity (Wildman–Crippen MR) is 152 cm³/mol. The normalized spacial score (nSPS) is 25.4. The number of fused-ring (bicyclic) bond motifs is 9. The number of hydrogen-bond acceptors (Lipinski definition) is 5. The summed E-state index contributed by atoms with van der Waals surface area (Å²) in [4.78, 5) is 21.0. The summed E-state index contributed by atoms with van der Waals surface area (Å²) in [7, 11) is 3.43. The van der Waals surface area contributed by atoms with E-state index in [0.29, 0.717) is 24.3 Å². The van der Waals surface area contributed by atoms with E-state index in [-0.39, 0.29) is 11.0 Å². The molecule has 38 heavy (non-hydrogen) atoms. The maximum atomic E-state index is 13.9. The fraction of sp³-hybridized carbons (Fsp3) is 0.438. The van der Waals surface area contributed by atoms with Crippen molar-refractivity contribution in [3.05, 3.63) is 86.3 Å². The number of aryl methyl sites for hydroxylation is 3. The average Bonchev–Trinajstić information content (AvgIpc) is 3.47. The molecule has 2 aromatic carbocycles. The minimum atomic E-state index is 0.0503. The summed E-state index contributed by atoms with van der Waals surface area (Å²) >= 11 is 1.77. The first-order valence-corrected chi connectivity index (χ1v) is 14.6. The van der Waals surface area contributed by atoms with Crippen molar-refractivity contribution in [3.8, 4) is 11.5 Å². The molecule has 0 radical (unpaired) electrons. The number of methoxy groups -OCH3 is 2. The van der Waals surface area contributed by atoms with E-state index >= 15 is 0 Å². The number of hydrogen-bond donors (Lipinski definition) is 0. The summed E-state index contributed by atoms with van der Waals surface area (Å²) in [6.07, 6.45) is 8.28. The van der Waals surface area contributed by atoms with Gasteiger partial charge in [-0.05, 0) is 108 Å². The second kappa shape index (κ2) is 8.98. The van der Waals surface area contributed by atoms with Crippen molar-refractivity contribution in [1.82, 2.24) is 9.55 Å². The molecule has 0 N–H and O–H groups in total. The molecular weight excluding hydrogens is 492 g/mol. The SMILES string of the molecule is COc1ccc(CCn2cnc3sc4c(c3c2=O)[C@]2(C)CC[C@@H]3c5ccc(OC)cc5CC[C@H]3[C@@H]2C4)cc1. The molecule has 1 fully saturated rings. The molecule has 0 spiro atoms. The molecule has 7 rings (SSSR count). The maximum Gasteiger partial charge on any atom is 0.262 e. The van der Waals surface area contributed by atoms with Gasteiger partial charge < -0.3 is 9.47 Å². The van der Waals surface area contributed by atoms with Crippen LogP contribution in [-0.2, 0) is 31.2 Å². The van der Waals surface area contributed by atoms with Gasteiger partial charge in [0.05, 0.1) is 25.9 Å². The number of ether oxygens (including phenoxy) is 2. The minimum Gasteiger partial charge on any atom is -0.497 e. The fourth-order valence-electron chi connectivity index (χ4n) is 7.91. The van der Waals surface area contributed by atoms with E-state index in [4.69, 9.17) is 14.5 Å². The molecular formula is C32H34N2O3S. The van der Waals surface area contributed by atoms with Gasteiger partial charge in [0.1, 0.15) is 16.3 Å². The van der Waals surface area contributed by atoms with Crippen molar-refractivity contribution in [2.24, 2.45) is 11.8 Å². The first-order valence-electron chi connectivity index (χ1n) is 13.8. The molecule has 0 saturated heterocycles. The molecule has 4 aromatic rings. The lowest BCUT2D eigenvalue weighted by molar-refractivity contribution is 0.106. The zero-order chi connectivity index (χ0) is 26.0. The van der Waals surface area contributed by atoms with Crippen molar-refractivity contribution in [3.63, 3.8) is 0 Å². The smallest absolute Gasteiger partial charge is 0.262 e. The highest BCUT2D eigenvalue weighted by molar-refractivity contribution is 7.18. The van der Waals surface area contributed by atoms with Gasteiger partial charge in [0, 0.05) is 11.4 Å². The van der Waals surface area contributed by atoms with Crippen molar-refractivity contribution in [2.75, 3.05) is 14.2 Å².